The summed E-state index contributed by atoms with van der Waals surface area (Å²) in [5.74, 6) is 0. The van der Waals surface area contributed by atoms with Gasteiger partial charge in [0, 0.05) is 17.5 Å². The Morgan fingerprint density at radius 1 is 1.59 bits per heavy atom. The SMILES string of the molecule is Cc1ccsc1C(CN)N1CCCCC1CO. The van der Waals surface area contributed by atoms with Crippen molar-refractivity contribution in [1.82, 2.24) is 4.90 Å². The van der Waals surface area contributed by atoms with Crippen LogP contribution in [-0.4, -0.2) is 35.7 Å². The zero-order valence-corrected chi connectivity index (χ0v) is 11.2. The van der Waals surface area contributed by atoms with Gasteiger partial charge in [-0.2, -0.15) is 0 Å². The van der Waals surface area contributed by atoms with Crippen molar-refractivity contribution >= 4 is 11.3 Å². The number of aliphatic hydroxyl groups excluding tert-OH is 1. The van der Waals surface area contributed by atoms with Crippen LogP contribution in [0.4, 0.5) is 0 Å². The van der Waals surface area contributed by atoms with E-state index >= 15 is 0 Å². The Morgan fingerprint density at radius 3 is 3.00 bits per heavy atom. The second kappa shape index (κ2) is 5.96. The fourth-order valence-electron chi connectivity index (χ4n) is 2.75. The molecule has 1 fully saturated rings. The van der Waals surface area contributed by atoms with Crippen molar-refractivity contribution in [3.8, 4) is 0 Å². The number of nitrogens with zero attached hydrogens (tertiary/aromatic N) is 1. The van der Waals surface area contributed by atoms with Crippen LogP contribution in [0.15, 0.2) is 11.4 Å². The molecule has 1 aromatic rings. The third-order valence-electron chi connectivity index (χ3n) is 3.71. The van der Waals surface area contributed by atoms with E-state index in [0.29, 0.717) is 12.6 Å². The Labute approximate surface area is 107 Å². The van der Waals surface area contributed by atoms with Crippen LogP contribution in [0.2, 0.25) is 0 Å². The standard InChI is InChI=1S/C13H22N2OS/c1-10-5-7-17-13(10)12(8-14)15-6-3-2-4-11(15)9-16/h5,7,11-12,16H,2-4,6,8-9,14H2,1H3. The number of likely N-dealkylation sites (tertiary alicyclic amines) is 1. The molecule has 0 bridgehead atoms. The number of thiophene rings is 1. The molecule has 2 unspecified atom stereocenters. The molecule has 4 heteroatoms. The van der Waals surface area contributed by atoms with Crippen molar-refractivity contribution in [3.05, 3.63) is 21.9 Å². The van der Waals surface area contributed by atoms with Crippen molar-refractivity contribution in [2.75, 3.05) is 19.7 Å². The lowest BCUT2D eigenvalue weighted by atomic mass is 9.99. The van der Waals surface area contributed by atoms with Crippen molar-refractivity contribution in [1.29, 1.82) is 0 Å². The second-order valence-corrected chi connectivity index (χ2v) is 5.74. The molecule has 0 spiro atoms. The van der Waals surface area contributed by atoms with Crippen LogP contribution in [0, 0.1) is 6.92 Å². The van der Waals surface area contributed by atoms with Gasteiger partial charge in [0.25, 0.3) is 0 Å². The van der Waals surface area contributed by atoms with Crippen LogP contribution in [0.5, 0.6) is 0 Å². The van der Waals surface area contributed by atoms with E-state index in [9.17, 15) is 5.11 Å². The smallest absolute Gasteiger partial charge is 0.0587 e. The van der Waals surface area contributed by atoms with Crippen molar-refractivity contribution in [2.45, 2.75) is 38.3 Å². The van der Waals surface area contributed by atoms with Gasteiger partial charge < -0.3 is 10.8 Å². The number of piperidine rings is 1. The van der Waals surface area contributed by atoms with Crippen LogP contribution < -0.4 is 5.73 Å². The molecule has 0 aromatic carbocycles. The first kappa shape index (κ1) is 13.0. The zero-order valence-electron chi connectivity index (χ0n) is 10.4. The van der Waals surface area contributed by atoms with Crippen LogP contribution >= 0.6 is 11.3 Å². The fraction of sp³-hybridized carbons (Fsp3) is 0.692. The molecule has 3 N–H and O–H groups in total. The first-order chi connectivity index (χ1) is 8.27. The Bertz CT molecular complexity index is 353. The monoisotopic (exact) mass is 254 g/mol. The van der Waals surface area contributed by atoms with Crippen molar-refractivity contribution in [3.63, 3.8) is 0 Å². The first-order valence-electron chi connectivity index (χ1n) is 6.38. The minimum absolute atomic E-state index is 0.251. The number of hydrogen-bond acceptors (Lipinski definition) is 4. The van der Waals surface area contributed by atoms with Crippen LogP contribution in [0.3, 0.4) is 0 Å². The second-order valence-electron chi connectivity index (χ2n) is 4.79. The van der Waals surface area contributed by atoms with Crippen LogP contribution in [-0.2, 0) is 0 Å². The summed E-state index contributed by atoms with van der Waals surface area (Å²) in [7, 11) is 0. The highest BCUT2D eigenvalue weighted by Crippen LogP contribution is 2.32. The van der Waals surface area contributed by atoms with Crippen LogP contribution in [0.1, 0.15) is 35.7 Å². The average Bonchev–Trinajstić information content (AvgIpc) is 2.78. The fourth-order valence-corrected chi connectivity index (χ4v) is 3.81. The maximum atomic E-state index is 9.49. The summed E-state index contributed by atoms with van der Waals surface area (Å²) in [5, 5.41) is 11.6. The molecular weight excluding hydrogens is 232 g/mol. The van der Waals surface area contributed by atoms with Gasteiger partial charge in [0.05, 0.1) is 12.6 Å². The molecular formula is C13H22N2OS. The average molecular weight is 254 g/mol. The Morgan fingerprint density at radius 2 is 2.41 bits per heavy atom. The van der Waals surface area contributed by atoms with Gasteiger partial charge in [-0.3, -0.25) is 4.90 Å². The molecule has 96 valence electrons. The largest absolute Gasteiger partial charge is 0.395 e. The van der Waals surface area contributed by atoms with E-state index in [1.54, 1.807) is 11.3 Å². The molecule has 2 rings (SSSR count). The van der Waals surface area contributed by atoms with E-state index in [0.717, 1.165) is 13.0 Å². The minimum atomic E-state index is 0.251. The topological polar surface area (TPSA) is 49.5 Å². The lowest BCUT2D eigenvalue weighted by Crippen LogP contribution is -2.46. The molecule has 1 aliphatic rings. The molecule has 0 amide bonds. The normalized spacial score (nSPS) is 23.8. The van der Waals surface area contributed by atoms with Gasteiger partial charge in [-0.1, -0.05) is 6.42 Å². The van der Waals surface area contributed by atoms with E-state index in [4.69, 9.17) is 5.73 Å². The quantitative estimate of drug-likeness (QED) is 0.863. The van der Waals surface area contributed by atoms with Gasteiger partial charge in [-0.05, 0) is 43.3 Å². The molecule has 0 saturated carbocycles. The molecule has 0 aliphatic carbocycles. The molecule has 1 aromatic heterocycles. The molecule has 17 heavy (non-hydrogen) atoms. The van der Waals surface area contributed by atoms with E-state index in [2.05, 4.69) is 23.3 Å². The maximum absolute atomic E-state index is 9.49. The van der Waals surface area contributed by atoms with E-state index in [1.165, 1.54) is 23.3 Å². The summed E-state index contributed by atoms with van der Waals surface area (Å²) in [6.07, 6.45) is 3.54. The van der Waals surface area contributed by atoms with Crippen LogP contribution in [0.25, 0.3) is 0 Å². The molecule has 2 heterocycles. The highest BCUT2D eigenvalue weighted by molar-refractivity contribution is 7.10. The molecule has 3 nitrogen and oxygen atoms in total. The number of rotatable bonds is 4. The third-order valence-corrected chi connectivity index (χ3v) is 4.83. The first-order valence-corrected chi connectivity index (χ1v) is 7.26. The van der Waals surface area contributed by atoms with Gasteiger partial charge in [-0.25, -0.2) is 0 Å². The summed E-state index contributed by atoms with van der Waals surface area (Å²) in [5.41, 5.74) is 7.29. The van der Waals surface area contributed by atoms with Gasteiger partial charge in [0.15, 0.2) is 0 Å². The third kappa shape index (κ3) is 2.71. The molecule has 2 atom stereocenters. The Hall–Kier alpha value is -0.420. The molecule has 1 saturated heterocycles. The van der Waals surface area contributed by atoms with E-state index in [-0.39, 0.29) is 12.6 Å². The Kier molecular flexibility index (Phi) is 4.56. The highest BCUT2D eigenvalue weighted by atomic mass is 32.1. The maximum Gasteiger partial charge on any atom is 0.0587 e. The number of nitrogens with two attached hydrogens (primary N) is 1. The predicted molar refractivity (Wildman–Crippen MR) is 72.3 cm³/mol. The molecule has 1 aliphatic heterocycles. The van der Waals surface area contributed by atoms with Gasteiger partial charge >= 0.3 is 0 Å². The minimum Gasteiger partial charge on any atom is -0.395 e. The van der Waals surface area contributed by atoms with Crippen molar-refractivity contribution in [2.24, 2.45) is 5.73 Å². The summed E-state index contributed by atoms with van der Waals surface area (Å²) in [6, 6.07) is 2.73. The summed E-state index contributed by atoms with van der Waals surface area (Å²) in [4.78, 5) is 3.77. The number of aliphatic hydroxyl groups is 1. The summed E-state index contributed by atoms with van der Waals surface area (Å²) < 4.78 is 0. The molecule has 0 radical (unpaired) electrons. The Balaban J connectivity index is 2.19. The summed E-state index contributed by atoms with van der Waals surface area (Å²) in [6.45, 7) is 4.09. The van der Waals surface area contributed by atoms with Gasteiger partial charge in [0.1, 0.15) is 0 Å². The number of aryl methyl sites for hydroxylation is 1. The summed E-state index contributed by atoms with van der Waals surface area (Å²) >= 11 is 1.79. The van der Waals surface area contributed by atoms with Gasteiger partial charge in [-0.15, -0.1) is 11.3 Å². The van der Waals surface area contributed by atoms with Gasteiger partial charge in [0.2, 0.25) is 0 Å². The highest BCUT2D eigenvalue weighted by Gasteiger charge is 2.29. The van der Waals surface area contributed by atoms with Crippen molar-refractivity contribution < 1.29 is 5.11 Å². The zero-order chi connectivity index (χ0) is 12.3. The lowest BCUT2D eigenvalue weighted by molar-refractivity contribution is 0.0563. The lowest BCUT2D eigenvalue weighted by Gasteiger charge is -2.40. The van der Waals surface area contributed by atoms with E-state index in [1.807, 2.05) is 0 Å². The number of hydrogen-bond donors (Lipinski definition) is 2. The predicted octanol–water partition coefficient (Wildman–Crippen LogP) is 1.90. The van der Waals surface area contributed by atoms with E-state index < -0.39 is 0 Å².